The maximum Gasteiger partial charge on any atom is 0.252 e. The molecule has 0 aliphatic heterocycles. The quantitative estimate of drug-likeness (QED) is 0.828. The van der Waals surface area contributed by atoms with E-state index in [2.05, 4.69) is 9.97 Å². The number of nitrogens with zero attached hydrogens (tertiary/aromatic N) is 2. The highest BCUT2D eigenvalue weighted by atomic mass is 16.1. The molecule has 21 heavy (non-hydrogen) atoms. The molecule has 0 atom stereocenters. The van der Waals surface area contributed by atoms with Crippen LogP contribution in [0.3, 0.4) is 0 Å². The van der Waals surface area contributed by atoms with E-state index >= 15 is 0 Å². The maximum absolute atomic E-state index is 11.8. The SMILES string of the molecule is CCN(Cc1ccccc1N)c1cc(=O)[nH]c(C(C)C)n1. The monoisotopic (exact) mass is 286 g/mol. The summed E-state index contributed by atoms with van der Waals surface area (Å²) in [6.45, 7) is 7.44. The van der Waals surface area contributed by atoms with Crippen molar-refractivity contribution in [1.29, 1.82) is 0 Å². The number of nitrogens with one attached hydrogen (secondary N) is 1. The van der Waals surface area contributed by atoms with Crippen LogP contribution in [0.5, 0.6) is 0 Å². The highest BCUT2D eigenvalue weighted by Crippen LogP contribution is 2.18. The summed E-state index contributed by atoms with van der Waals surface area (Å²) in [7, 11) is 0. The van der Waals surface area contributed by atoms with Gasteiger partial charge in [-0.1, -0.05) is 32.0 Å². The summed E-state index contributed by atoms with van der Waals surface area (Å²) in [5.41, 5.74) is 7.66. The van der Waals surface area contributed by atoms with E-state index in [1.165, 1.54) is 6.07 Å². The van der Waals surface area contributed by atoms with Gasteiger partial charge in [-0.15, -0.1) is 0 Å². The Morgan fingerprint density at radius 2 is 2.05 bits per heavy atom. The fourth-order valence-electron chi connectivity index (χ4n) is 2.14. The number of rotatable bonds is 5. The predicted molar refractivity (Wildman–Crippen MR) is 86.5 cm³/mol. The zero-order chi connectivity index (χ0) is 15.4. The van der Waals surface area contributed by atoms with Crippen molar-refractivity contribution >= 4 is 11.5 Å². The van der Waals surface area contributed by atoms with Crippen LogP contribution in [-0.4, -0.2) is 16.5 Å². The van der Waals surface area contributed by atoms with Crippen molar-refractivity contribution in [3.05, 3.63) is 52.1 Å². The lowest BCUT2D eigenvalue weighted by Crippen LogP contribution is -2.26. The van der Waals surface area contributed by atoms with Gasteiger partial charge in [-0.25, -0.2) is 4.98 Å². The molecule has 3 N–H and O–H groups in total. The van der Waals surface area contributed by atoms with Gasteiger partial charge in [0.05, 0.1) is 0 Å². The van der Waals surface area contributed by atoms with Crippen LogP contribution in [0.25, 0.3) is 0 Å². The predicted octanol–water partition coefficient (Wildman–Crippen LogP) is 2.50. The average Bonchev–Trinajstić information content (AvgIpc) is 2.45. The Balaban J connectivity index is 2.34. The van der Waals surface area contributed by atoms with Crippen molar-refractivity contribution in [3.8, 4) is 0 Å². The Morgan fingerprint density at radius 1 is 1.33 bits per heavy atom. The molecule has 0 amide bonds. The molecule has 0 radical (unpaired) electrons. The highest BCUT2D eigenvalue weighted by Gasteiger charge is 2.12. The van der Waals surface area contributed by atoms with E-state index in [1.54, 1.807) is 0 Å². The minimum absolute atomic E-state index is 0.122. The summed E-state index contributed by atoms with van der Waals surface area (Å²) in [5.74, 6) is 1.57. The molecule has 0 spiro atoms. The van der Waals surface area contributed by atoms with E-state index in [1.807, 2.05) is 49.9 Å². The van der Waals surface area contributed by atoms with Crippen LogP contribution in [0, 0.1) is 0 Å². The molecule has 112 valence electrons. The molecule has 1 aromatic heterocycles. The van der Waals surface area contributed by atoms with Gasteiger partial charge in [0.1, 0.15) is 11.6 Å². The summed E-state index contributed by atoms with van der Waals surface area (Å²) in [6.07, 6.45) is 0. The third kappa shape index (κ3) is 3.62. The minimum atomic E-state index is -0.122. The third-order valence-corrected chi connectivity index (χ3v) is 3.42. The fraction of sp³-hybridized carbons (Fsp3) is 0.375. The Kier molecular flexibility index (Phi) is 4.62. The molecule has 1 heterocycles. The van der Waals surface area contributed by atoms with Gasteiger partial charge >= 0.3 is 0 Å². The number of hydrogen-bond donors (Lipinski definition) is 2. The molecular weight excluding hydrogens is 264 g/mol. The topological polar surface area (TPSA) is 75.0 Å². The summed E-state index contributed by atoms with van der Waals surface area (Å²) >= 11 is 0. The highest BCUT2D eigenvalue weighted by molar-refractivity contribution is 5.49. The molecule has 2 rings (SSSR count). The van der Waals surface area contributed by atoms with Gasteiger partial charge in [0.15, 0.2) is 0 Å². The second-order valence-electron chi connectivity index (χ2n) is 5.36. The third-order valence-electron chi connectivity index (χ3n) is 3.42. The van der Waals surface area contributed by atoms with E-state index < -0.39 is 0 Å². The van der Waals surface area contributed by atoms with Crippen LogP contribution in [0.4, 0.5) is 11.5 Å². The van der Waals surface area contributed by atoms with Crippen molar-refractivity contribution < 1.29 is 0 Å². The van der Waals surface area contributed by atoms with Crippen LogP contribution < -0.4 is 16.2 Å². The average molecular weight is 286 g/mol. The summed E-state index contributed by atoms with van der Waals surface area (Å²) in [5, 5.41) is 0. The Hall–Kier alpha value is -2.30. The lowest BCUT2D eigenvalue weighted by molar-refractivity contribution is 0.741. The molecule has 0 saturated carbocycles. The van der Waals surface area contributed by atoms with Gasteiger partial charge in [0.25, 0.3) is 5.56 Å². The molecule has 0 fully saturated rings. The van der Waals surface area contributed by atoms with E-state index in [-0.39, 0.29) is 11.5 Å². The lowest BCUT2D eigenvalue weighted by Gasteiger charge is -2.23. The van der Waals surface area contributed by atoms with Crippen molar-refractivity contribution in [2.75, 3.05) is 17.2 Å². The normalized spacial score (nSPS) is 10.9. The second-order valence-corrected chi connectivity index (χ2v) is 5.36. The molecular formula is C16H22N4O. The number of nitrogens with two attached hydrogens (primary N) is 1. The van der Waals surface area contributed by atoms with Crippen LogP contribution in [0.15, 0.2) is 35.1 Å². The zero-order valence-electron chi connectivity index (χ0n) is 12.8. The van der Waals surface area contributed by atoms with Crippen molar-refractivity contribution in [2.24, 2.45) is 0 Å². The van der Waals surface area contributed by atoms with Gasteiger partial charge in [-0.05, 0) is 18.6 Å². The van der Waals surface area contributed by atoms with Crippen LogP contribution in [0.1, 0.15) is 38.1 Å². The zero-order valence-corrected chi connectivity index (χ0v) is 12.8. The maximum atomic E-state index is 11.8. The molecule has 0 aliphatic rings. The van der Waals surface area contributed by atoms with Gasteiger partial charge < -0.3 is 15.6 Å². The number of anilines is 2. The van der Waals surface area contributed by atoms with E-state index in [9.17, 15) is 4.79 Å². The van der Waals surface area contributed by atoms with Crippen LogP contribution in [-0.2, 0) is 6.54 Å². The number of hydrogen-bond acceptors (Lipinski definition) is 4. The lowest BCUT2D eigenvalue weighted by atomic mass is 10.1. The first-order valence-corrected chi connectivity index (χ1v) is 7.20. The molecule has 0 unspecified atom stereocenters. The van der Waals surface area contributed by atoms with Gasteiger partial charge in [-0.3, -0.25) is 4.79 Å². The summed E-state index contributed by atoms with van der Waals surface area (Å²) in [4.78, 5) is 21.2. The van der Waals surface area contributed by atoms with E-state index in [0.717, 1.165) is 17.8 Å². The minimum Gasteiger partial charge on any atom is -0.398 e. The first-order chi connectivity index (χ1) is 10.0. The number of nitrogen functional groups attached to an aromatic ring is 1. The number of aromatic amines is 1. The molecule has 5 nitrogen and oxygen atoms in total. The van der Waals surface area contributed by atoms with Crippen molar-refractivity contribution in [2.45, 2.75) is 33.2 Å². The molecule has 0 saturated heterocycles. The standard InChI is InChI=1S/C16H22N4O/c1-4-20(10-12-7-5-6-8-13(12)17)14-9-15(21)19-16(18-14)11(2)3/h5-9,11H,4,10,17H2,1-3H3,(H,18,19,21). The number of benzene rings is 1. The Labute approximate surface area is 124 Å². The van der Waals surface area contributed by atoms with Gasteiger partial charge in [0.2, 0.25) is 0 Å². The Bertz CT molecular complexity index is 663. The molecule has 0 aliphatic carbocycles. The van der Waals surface area contributed by atoms with Gasteiger partial charge in [-0.2, -0.15) is 0 Å². The van der Waals surface area contributed by atoms with E-state index in [4.69, 9.17) is 5.73 Å². The van der Waals surface area contributed by atoms with Crippen LogP contribution >= 0.6 is 0 Å². The second kappa shape index (κ2) is 6.43. The first kappa shape index (κ1) is 15.1. The molecule has 5 heteroatoms. The number of aromatic nitrogens is 2. The van der Waals surface area contributed by atoms with Crippen molar-refractivity contribution in [3.63, 3.8) is 0 Å². The van der Waals surface area contributed by atoms with Gasteiger partial charge in [0, 0.05) is 30.8 Å². The summed E-state index contributed by atoms with van der Waals surface area (Å²) in [6, 6.07) is 9.29. The largest absolute Gasteiger partial charge is 0.398 e. The van der Waals surface area contributed by atoms with Crippen molar-refractivity contribution in [1.82, 2.24) is 9.97 Å². The van der Waals surface area contributed by atoms with E-state index in [0.29, 0.717) is 18.2 Å². The fourth-order valence-corrected chi connectivity index (χ4v) is 2.14. The molecule has 1 aromatic carbocycles. The number of para-hydroxylation sites is 1. The van der Waals surface area contributed by atoms with Crippen LogP contribution in [0.2, 0.25) is 0 Å². The summed E-state index contributed by atoms with van der Waals surface area (Å²) < 4.78 is 0. The Morgan fingerprint density at radius 3 is 2.67 bits per heavy atom. The molecule has 2 aromatic rings. The number of H-pyrrole nitrogens is 1. The smallest absolute Gasteiger partial charge is 0.252 e. The first-order valence-electron chi connectivity index (χ1n) is 7.20. The molecule has 0 bridgehead atoms.